The molecular formula is C24H48O4. The Balaban J connectivity index is 0. The Hall–Kier alpha value is -1.06. The lowest BCUT2D eigenvalue weighted by Gasteiger charge is -2.01. The number of hydrogen-bond donors (Lipinski definition) is 2. The highest BCUT2D eigenvalue weighted by Gasteiger charge is 1.97. The van der Waals surface area contributed by atoms with Gasteiger partial charge in [-0.25, -0.2) is 0 Å². The maximum absolute atomic E-state index is 10.2. The minimum absolute atomic E-state index is 0.342. The molecule has 0 rings (SSSR count). The summed E-state index contributed by atoms with van der Waals surface area (Å²) in [6.07, 6.45) is 23.0. The molecule has 0 amide bonds. The number of rotatable bonds is 20. The molecule has 0 fully saturated rings. The highest BCUT2D eigenvalue weighted by molar-refractivity contribution is 5.66. The number of unbranched alkanes of at least 4 members (excludes halogenated alkanes) is 16. The van der Waals surface area contributed by atoms with Gasteiger partial charge in [-0.05, 0) is 12.8 Å². The van der Waals surface area contributed by atoms with Gasteiger partial charge in [0.15, 0.2) is 0 Å². The summed E-state index contributed by atoms with van der Waals surface area (Å²) in [4.78, 5) is 20.4. The molecule has 0 atom stereocenters. The summed E-state index contributed by atoms with van der Waals surface area (Å²) in [5, 5.41) is 16.8. The molecule has 0 spiro atoms. The number of carbonyl (C=O) groups is 2. The monoisotopic (exact) mass is 400 g/mol. The average molecular weight is 401 g/mol. The van der Waals surface area contributed by atoms with Crippen LogP contribution in [0, 0.1) is 0 Å². The molecule has 0 aliphatic carbocycles. The summed E-state index contributed by atoms with van der Waals surface area (Å²) < 4.78 is 0. The summed E-state index contributed by atoms with van der Waals surface area (Å²) in [6.45, 7) is 4.45. The molecule has 4 nitrogen and oxygen atoms in total. The quantitative estimate of drug-likeness (QED) is 0.203. The lowest BCUT2D eigenvalue weighted by molar-refractivity contribution is -0.138. The molecule has 0 aromatic rings. The van der Waals surface area contributed by atoms with Gasteiger partial charge in [-0.2, -0.15) is 0 Å². The van der Waals surface area contributed by atoms with E-state index in [0.29, 0.717) is 12.8 Å². The fourth-order valence-corrected chi connectivity index (χ4v) is 3.17. The molecule has 0 radical (unpaired) electrons. The Kier molecular flexibility index (Phi) is 27.0. The Bertz CT molecular complexity index is 329. The fourth-order valence-electron chi connectivity index (χ4n) is 3.17. The highest BCUT2D eigenvalue weighted by Crippen LogP contribution is 2.11. The van der Waals surface area contributed by atoms with E-state index in [1.807, 2.05) is 0 Å². The van der Waals surface area contributed by atoms with Crippen LogP contribution in [-0.4, -0.2) is 22.2 Å². The topological polar surface area (TPSA) is 74.6 Å². The van der Waals surface area contributed by atoms with Gasteiger partial charge in [-0.3, -0.25) is 9.59 Å². The van der Waals surface area contributed by atoms with Gasteiger partial charge in [0.25, 0.3) is 0 Å². The second kappa shape index (κ2) is 25.9. The second-order valence-electron chi connectivity index (χ2n) is 7.94. The summed E-state index contributed by atoms with van der Waals surface area (Å²) in [6, 6.07) is 0. The zero-order chi connectivity index (χ0) is 21.3. The number of carboxylic acid groups (broad SMARTS) is 2. The molecule has 0 aliphatic heterocycles. The van der Waals surface area contributed by atoms with Crippen LogP contribution >= 0.6 is 0 Å². The Morgan fingerprint density at radius 1 is 0.429 bits per heavy atom. The lowest BCUT2D eigenvalue weighted by Crippen LogP contribution is -1.93. The zero-order valence-electron chi connectivity index (χ0n) is 18.9. The minimum Gasteiger partial charge on any atom is -0.481 e. The second-order valence-corrected chi connectivity index (χ2v) is 7.94. The van der Waals surface area contributed by atoms with Crippen molar-refractivity contribution in [3.05, 3.63) is 0 Å². The van der Waals surface area contributed by atoms with E-state index in [9.17, 15) is 9.59 Å². The van der Waals surface area contributed by atoms with Gasteiger partial charge in [0.05, 0.1) is 0 Å². The van der Waals surface area contributed by atoms with Crippen molar-refractivity contribution in [2.45, 2.75) is 142 Å². The van der Waals surface area contributed by atoms with Gasteiger partial charge in [0, 0.05) is 12.8 Å². The summed E-state index contributed by atoms with van der Waals surface area (Å²) >= 11 is 0. The van der Waals surface area contributed by atoms with E-state index in [0.717, 1.165) is 25.7 Å². The molecular weight excluding hydrogens is 352 g/mol. The van der Waals surface area contributed by atoms with E-state index in [1.54, 1.807) is 0 Å². The molecule has 0 saturated carbocycles. The van der Waals surface area contributed by atoms with E-state index in [2.05, 4.69) is 13.8 Å². The number of aliphatic carboxylic acids is 2. The van der Waals surface area contributed by atoms with Crippen LogP contribution in [0.1, 0.15) is 142 Å². The smallest absolute Gasteiger partial charge is 0.303 e. The van der Waals surface area contributed by atoms with Gasteiger partial charge in [-0.15, -0.1) is 0 Å². The van der Waals surface area contributed by atoms with Gasteiger partial charge < -0.3 is 10.2 Å². The van der Waals surface area contributed by atoms with Crippen molar-refractivity contribution < 1.29 is 19.8 Å². The van der Waals surface area contributed by atoms with Gasteiger partial charge in [0.2, 0.25) is 0 Å². The predicted octanol–water partition coefficient (Wildman–Crippen LogP) is 7.98. The van der Waals surface area contributed by atoms with E-state index in [4.69, 9.17) is 10.2 Å². The maximum atomic E-state index is 10.2. The van der Waals surface area contributed by atoms with Crippen LogP contribution in [0.5, 0.6) is 0 Å². The third-order valence-corrected chi connectivity index (χ3v) is 4.99. The first-order chi connectivity index (χ1) is 13.5. The Labute approximate surface area is 174 Å². The van der Waals surface area contributed by atoms with Crippen LogP contribution in [0.2, 0.25) is 0 Å². The highest BCUT2D eigenvalue weighted by atomic mass is 16.4. The number of carboxylic acids is 2. The van der Waals surface area contributed by atoms with E-state index >= 15 is 0 Å². The summed E-state index contributed by atoms with van der Waals surface area (Å²) in [7, 11) is 0. The fraction of sp³-hybridized carbons (Fsp3) is 0.917. The normalized spacial score (nSPS) is 10.4. The minimum atomic E-state index is -0.661. The zero-order valence-corrected chi connectivity index (χ0v) is 18.9. The van der Waals surface area contributed by atoms with Crippen molar-refractivity contribution in [3.63, 3.8) is 0 Å². The van der Waals surface area contributed by atoms with Crippen molar-refractivity contribution in [2.24, 2.45) is 0 Å². The van der Waals surface area contributed by atoms with Crippen LogP contribution in [0.4, 0.5) is 0 Å². The van der Waals surface area contributed by atoms with Crippen molar-refractivity contribution in [3.8, 4) is 0 Å². The standard InChI is InChI=1S/C13H26O2.C11H22O2/c1-2-3-4-5-6-7-8-9-10-11-12-13(14)15;1-2-3-4-5-6-7-8-9-10-11(12)13/h2-12H2,1H3,(H,14,15);2-10H2,1H3,(H,12,13). The largest absolute Gasteiger partial charge is 0.481 e. The van der Waals surface area contributed by atoms with Gasteiger partial charge in [0.1, 0.15) is 0 Å². The Morgan fingerprint density at radius 3 is 0.857 bits per heavy atom. The van der Waals surface area contributed by atoms with E-state index < -0.39 is 11.9 Å². The summed E-state index contributed by atoms with van der Waals surface area (Å²) in [5.41, 5.74) is 0. The molecule has 168 valence electrons. The van der Waals surface area contributed by atoms with Crippen LogP contribution < -0.4 is 0 Å². The Morgan fingerprint density at radius 2 is 0.643 bits per heavy atom. The van der Waals surface area contributed by atoms with Crippen LogP contribution in [-0.2, 0) is 9.59 Å². The molecule has 2 N–H and O–H groups in total. The number of hydrogen-bond acceptors (Lipinski definition) is 2. The van der Waals surface area contributed by atoms with Crippen molar-refractivity contribution in [1.29, 1.82) is 0 Å². The average Bonchev–Trinajstić information content (AvgIpc) is 2.65. The molecule has 0 aromatic heterocycles. The first kappa shape index (κ1) is 29.1. The van der Waals surface area contributed by atoms with Gasteiger partial charge in [-0.1, -0.05) is 117 Å². The van der Waals surface area contributed by atoms with E-state index in [1.165, 1.54) is 89.9 Å². The molecule has 0 saturated heterocycles. The molecule has 0 bridgehead atoms. The third-order valence-electron chi connectivity index (χ3n) is 4.99. The third kappa shape index (κ3) is 32.6. The molecule has 0 unspecified atom stereocenters. The molecule has 28 heavy (non-hydrogen) atoms. The van der Waals surface area contributed by atoms with Crippen LogP contribution in [0.25, 0.3) is 0 Å². The molecule has 4 heteroatoms. The molecule has 0 aromatic carbocycles. The first-order valence-corrected chi connectivity index (χ1v) is 12.0. The van der Waals surface area contributed by atoms with Crippen LogP contribution in [0.15, 0.2) is 0 Å². The van der Waals surface area contributed by atoms with Crippen molar-refractivity contribution >= 4 is 11.9 Å². The maximum Gasteiger partial charge on any atom is 0.303 e. The molecule has 0 heterocycles. The molecule has 0 aliphatic rings. The predicted molar refractivity (Wildman–Crippen MR) is 119 cm³/mol. The SMILES string of the molecule is CCCCCCCCCCC(=O)O.CCCCCCCCCCCCC(=O)O. The summed E-state index contributed by atoms with van der Waals surface area (Å²) in [5.74, 6) is -1.32. The lowest BCUT2D eigenvalue weighted by atomic mass is 10.1. The van der Waals surface area contributed by atoms with E-state index in [-0.39, 0.29) is 0 Å². The van der Waals surface area contributed by atoms with Crippen molar-refractivity contribution in [2.75, 3.05) is 0 Å². The van der Waals surface area contributed by atoms with Gasteiger partial charge >= 0.3 is 11.9 Å². The van der Waals surface area contributed by atoms with Crippen molar-refractivity contribution in [1.82, 2.24) is 0 Å². The van der Waals surface area contributed by atoms with Crippen LogP contribution in [0.3, 0.4) is 0 Å². The first-order valence-electron chi connectivity index (χ1n) is 12.0.